The number of hydrogen-bond acceptors (Lipinski definition) is 5. The second-order valence-corrected chi connectivity index (χ2v) is 5.49. The molecule has 2 N–H and O–H groups in total. The molecule has 6 heteroatoms. The fraction of sp³-hybridized carbons (Fsp3) is 0.316. The van der Waals surface area contributed by atoms with Crippen LogP contribution in [-0.2, 0) is 4.79 Å². The summed E-state index contributed by atoms with van der Waals surface area (Å²) in [5, 5.41) is 6.08. The van der Waals surface area contributed by atoms with Gasteiger partial charge in [-0.15, -0.1) is 0 Å². The Morgan fingerprint density at radius 1 is 0.920 bits per heavy atom. The molecule has 0 atom stereocenters. The van der Waals surface area contributed by atoms with Gasteiger partial charge in [0.05, 0.1) is 32.7 Å². The highest BCUT2D eigenvalue weighted by molar-refractivity contribution is 5.92. The van der Waals surface area contributed by atoms with Crippen molar-refractivity contribution in [1.29, 1.82) is 0 Å². The fourth-order valence-corrected chi connectivity index (χ4v) is 2.40. The number of rotatable bonds is 8. The van der Waals surface area contributed by atoms with Gasteiger partial charge in [-0.3, -0.25) is 4.79 Å². The molecule has 0 unspecified atom stereocenters. The minimum absolute atomic E-state index is 0.120. The van der Waals surface area contributed by atoms with Crippen LogP contribution >= 0.6 is 0 Å². The van der Waals surface area contributed by atoms with E-state index in [2.05, 4.69) is 10.6 Å². The van der Waals surface area contributed by atoms with Gasteiger partial charge in [-0.2, -0.15) is 0 Å². The number of ether oxygens (including phenoxy) is 3. The lowest BCUT2D eigenvalue weighted by molar-refractivity contribution is -0.116. The maximum atomic E-state index is 12.2. The molecule has 0 radical (unpaired) electrons. The van der Waals surface area contributed by atoms with Crippen molar-refractivity contribution in [2.75, 3.05) is 38.5 Å². The molecule has 0 saturated heterocycles. The minimum Gasteiger partial charge on any atom is -0.497 e. The summed E-state index contributed by atoms with van der Waals surface area (Å²) in [5.41, 5.74) is 2.57. The molecule has 2 rings (SSSR count). The van der Waals surface area contributed by atoms with E-state index < -0.39 is 0 Å². The summed E-state index contributed by atoms with van der Waals surface area (Å²) in [6.07, 6.45) is 0.303. The number of methoxy groups -OCH3 is 3. The average Bonchev–Trinajstić information content (AvgIpc) is 2.61. The predicted molar refractivity (Wildman–Crippen MR) is 99.0 cm³/mol. The Morgan fingerprint density at radius 3 is 2.28 bits per heavy atom. The fourth-order valence-electron chi connectivity index (χ4n) is 2.40. The molecule has 0 spiro atoms. The molecular weight excluding hydrogens is 320 g/mol. The quantitative estimate of drug-likeness (QED) is 0.767. The number of benzene rings is 2. The molecule has 0 aromatic heterocycles. The van der Waals surface area contributed by atoms with Crippen LogP contribution in [0.15, 0.2) is 36.4 Å². The second kappa shape index (κ2) is 8.82. The first kappa shape index (κ1) is 18.4. The monoisotopic (exact) mass is 344 g/mol. The largest absolute Gasteiger partial charge is 0.497 e. The Labute approximate surface area is 148 Å². The van der Waals surface area contributed by atoms with E-state index in [1.165, 1.54) is 0 Å². The summed E-state index contributed by atoms with van der Waals surface area (Å²) >= 11 is 0. The average molecular weight is 344 g/mol. The van der Waals surface area contributed by atoms with Crippen LogP contribution in [0, 0.1) is 6.92 Å². The van der Waals surface area contributed by atoms with Crippen LogP contribution in [0.1, 0.15) is 12.0 Å². The third kappa shape index (κ3) is 5.04. The first-order chi connectivity index (χ1) is 12.1. The topological polar surface area (TPSA) is 68.8 Å². The number of anilines is 2. The van der Waals surface area contributed by atoms with Crippen LogP contribution in [0.5, 0.6) is 17.2 Å². The Balaban J connectivity index is 1.94. The summed E-state index contributed by atoms with van der Waals surface area (Å²) in [6.45, 7) is 2.49. The van der Waals surface area contributed by atoms with Crippen molar-refractivity contribution < 1.29 is 19.0 Å². The first-order valence-corrected chi connectivity index (χ1v) is 7.97. The van der Waals surface area contributed by atoms with E-state index in [4.69, 9.17) is 14.2 Å². The van der Waals surface area contributed by atoms with Crippen molar-refractivity contribution in [2.24, 2.45) is 0 Å². The predicted octanol–water partition coefficient (Wildman–Crippen LogP) is 3.46. The molecular formula is C19H24N2O4. The molecule has 0 fully saturated rings. The van der Waals surface area contributed by atoms with E-state index in [9.17, 15) is 4.79 Å². The van der Waals surface area contributed by atoms with Crippen molar-refractivity contribution in [3.8, 4) is 17.2 Å². The van der Waals surface area contributed by atoms with Crippen molar-refractivity contribution in [1.82, 2.24) is 0 Å². The smallest absolute Gasteiger partial charge is 0.226 e. The molecule has 0 bridgehead atoms. The number of nitrogens with one attached hydrogen (secondary N) is 2. The van der Waals surface area contributed by atoms with Crippen molar-refractivity contribution in [2.45, 2.75) is 13.3 Å². The van der Waals surface area contributed by atoms with Gasteiger partial charge in [0.25, 0.3) is 0 Å². The third-order valence-electron chi connectivity index (χ3n) is 3.70. The number of amides is 1. The van der Waals surface area contributed by atoms with Crippen molar-refractivity contribution in [3.05, 3.63) is 42.0 Å². The zero-order chi connectivity index (χ0) is 18.2. The molecule has 2 aromatic rings. The second-order valence-electron chi connectivity index (χ2n) is 5.49. The lowest BCUT2D eigenvalue weighted by atomic mass is 10.2. The van der Waals surface area contributed by atoms with Gasteiger partial charge >= 0.3 is 0 Å². The maximum Gasteiger partial charge on any atom is 0.226 e. The first-order valence-electron chi connectivity index (χ1n) is 7.97. The number of aryl methyl sites for hydroxylation is 1. The van der Waals surface area contributed by atoms with Gasteiger partial charge in [0.2, 0.25) is 5.91 Å². The molecule has 0 aliphatic rings. The Hall–Kier alpha value is -2.89. The van der Waals surface area contributed by atoms with Crippen molar-refractivity contribution in [3.63, 3.8) is 0 Å². The minimum atomic E-state index is -0.120. The summed E-state index contributed by atoms with van der Waals surface area (Å²) in [6, 6.07) is 11.1. The van der Waals surface area contributed by atoms with Crippen LogP contribution in [0.4, 0.5) is 11.4 Å². The number of carbonyl (C=O) groups is 1. The number of hydrogen-bond donors (Lipinski definition) is 2. The summed E-state index contributed by atoms with van der Waals surface area (Å²) in [4.78, 5) is 12.2. The lowest BCUT2D eigenvalue weighted by Crippen LogP contribution is -2.17. The van der Waals surface area contributed by atoms with E-state index in [1.54, 1.807) is 39.5 Å². The van der Waals surface area contributed by atoms with E-state index in [0.717, 1.165) is 17.0 Å². The third-order valence-corrected chi connectivity index (χ3v) is 3.70. The van der Waals surface area contributed by atoms with Gasteiger partial charge in [-0.25, -0.2) is 0 Å². The van der Waals surface area contributed by atoms with Gasteiger partial charge < -0.3 is 24.8 Å². The van der Waals surface area contributed by atoms with E-state index in [1.807, 2.05) is 25.1 Å². The molecule has 134 valence electrons. The highest BCUT2D eigenvalue weighted by atomic mass is 16.5. The zero-order valence-electron chi connectivity index (χ0n) is 15.0. The number of carbonyl (C=O) groups excluding carboxylic acids is 1. The van der Waals surface area contributed by atoms with Crippen LogP contribution < -0.4 is 24.8 Å². The zero-order valence-corrected chi connectivity index (χ0v) is 15.0. The molecule has 2 aromatic carbocycles. The Morgan fingerprint density at radius 2 is 1.60 bits per heavy atom. The van der Waals surface area contributed by atoms with Crippen LogP contribution in [0.25, 0.3) is 0 Å². The standard InChI is InChI=1S/C19H24N2O4/c1-13-5-7-17(24-3)15(11-13)20-10-9-19(22)21-16-12-14(23-2)6-8-18(16)25-4/h5-8,11-12,20H,9-10H2,1-4H3,(H,21,22). The SMILES string of the molecule is COc1ccc(OC)c(NC(=O)CCNc2cc(C)ccc2OC)c1. The Bertz CT molecular complexity index is 731. The van der Waals surface area contributed by atoms with Gasteiger partial charge in [0, 0.05) is 19.0 Å². The van der Waals surface area contributed by atoms with Gasteiger partial charge in [-0.05, 0) is 36.8 Å². The Kier molecular flexibility index (Phi) is 6.51. The molecule has 0 saturated carbocycles. The maximum absolute atomic E-state index is 12.2. The summed E-state index contributed by atoms with van der Waals surface area (Å²) in [5.74, 6) is 1.87. The van der Waals surface area contributed by atoms with E-state index >= 15 is 0 Å². The van der Waals surface area contributed by atoms with E-state index in [-0.39, 0.29) is 5.91 Å². The molecule has 6 nitrogen and oxygen atoms in total. The van der Waals surface area contributed by atoms with Crippen LogP contribution in [0.3, 0.4) is 0 Å². The van der Waals surface area contributed by atoms with Gasteiger partial charge in [-0.1, -0.05) is 6.07 Å². The molecule has 0 aliphatic carbocycles. The molecule has 0 heterocycles. The van der Waals surface area contributed by atoms with Crippen molar-refractivity contribution >= 4 is 17.3 Å². The van der Waals surface area contributed by atoms with Crippen LogP contribution in [-0.4, -0.2) is 33.8 Å². The summed E-state index contributed by atoms with van der Waals surface area (Å²) < 4.78 is 15.8. The van der Waals surface area contributed by atoms with Gasteiger partial charge in [0.15, 0.2) is 0 Å². The van der Waals surface area contributed by atoms with Crippen LogP contribution in [0.2, 0.25) is 0 Å². The molecule has 1 amide bonds. The molecule has 25 heavy (non-hydrogen) atoms. The normalized spacial score (nSPS) is 10.1. The van der Waals surface area contributed by atoms with E-state index in [0.29, 0.717) is 30.2 Å². The highest BCUT2D eigenvalue weighted by Crippen LogP contribution is 2.29. The summed E-state index contributed by atoms with van der Waals surface area (Å²) in [7, 11) is 4.76. The highest BCUT2D eigenvalue weighted by Gasteiger charge is 2.10. The lowest BCUT2D eigenvalue weighted by Gasteiger charge is -2.13. The molecule has 0 aliphatic heterocycles. The van der Waals surface area contributed by atoms with Gasteiger partial charge in [0.1, 0.15) is 17.2 Å².